The maximum absolute atomic E-state index is 12.0. The fourth-order valence-electron chi connectivity index (χ4n) is 2.41. The number of carbonyl (C=O) groups is 2. The van der Waals surface area contributed by atoms with Crippen molar-refractivity contribution in [2.75, 3.05) is 13.7 Å². The Hall–Kier alpha value is -2.63. The van der Waals surface area contributed by atoms with Gasteiger partial charge in [-0.25, -0.2) is 10.2 Å². The molecule has 3 aromatic rings. The highest BCUT2D eigenvalue weighted by Gasteiger charge is 2.15. The molecule has 1 heterocycles. The molecule has 0 saturated carbocycles. The number of ether oxygens (including phenoxy) is 3. The van der Waals surface area contributed by atoms with Gasteiger partial charge in [-0.1, -0.05) is 15.9 Å². The van der Waals surface area contributed by atoms with Crippen LogP contribution in [-0.2, 0) is 4.79 Å². The quantitative estimate of drug-likeness (QED) is 0.157. The Kier molecular flexibility index (Phi) is 8.48. The molecule has 166 valence electrons. The number of hydrazone groups is 1. The van der Waals surface area contributed by atoms with Crippen molar-refractivity contribution in [3.63, 3.8) is 0 Å². The lowest BCUT2D eigenvalue weighted by Crippen LogP contribution is -2.24. The summed E-state index contributed by atoms with van der Waals surface area (Å²) >= 11 is 10.1. The van der Waals surface area contributed by atoms with Crippen LogP contribution in [0.1, 0.15) is 16.1 Å². The Morgan fingerprint density at radius 3 is 2.50 bits per heavy atom. The second kappa shape index (κ2) is 11.3. The number of amides is 1. The van der Waals surface area contributed by atoms with Crippen molar-refractivity contribution in [1.29, 1.82) is 0 Å². The Morgan fingerprint density at radius 2 is 1.84 bits per heavy atom. The van der Waals surface area contributed by atoms with E-state index in [0.717, 1.165) is 4.47 Å². The lowest BCUT2D eigenvalue weighted by Gasteiger charge is -2.10. The van der Waals surface area contributed by atoms with Crippen LogP contribution >= 0.6 is 47.8 Å². The second-order valence-electron chi connectivity index (χ2n) is 6.06. The maximum Gasteiger partial charge on any atom is 0.379 e. The number of rotatable bonds is 8. The van der Waals surface area contributed by atoms with Crippen LogP contribution in [0.2, 0.25) is 0 Å². The van der Waals surface area contributed by atoms with Gasteiger partial charge in [0.05, 0.1) is 28.5 Å². The molecule has 0 aliphatic rings. The molecule has 0 radical (unpaired) electrons. The van der Waals surface area contributed by atoms with Gasteiger partial charge in [0.1, 0.15) is 5.75 Å². The van der Waals surface area contributed by atoms with Gasteiger partial charge in [-0.2, -0.15) is 5.10 Å². The van der Waals surface area contributed by atoms with Gasteiger partial charge in [0.15, 0.2) is 18.1 Å². The molecule has 1 N–H and O–H groups in total. The van der Waals surface area contributed by atoms with Crippen LogP contribution in [0.3, 0.4) is 0 Å². The van der Waals surface area contributed by atoms with E-state index in [-0.39, 0.29) is 18.1 Å². The van der Waals surface area contributed by atoms with E-state index in [0.29, 0.717) is 26.0 Å². The molecule has 0 saturated heterocycles. The summed E-state index contributed by atoms with van der Waals surface area (Å²) in [5.41, 5.74) is 2.99. The van der Waals surface area contributed by atoms with Crippen molar-refractivity contribution in [1.82, 2.24) is 5.43 Å². The zero-order valence-corrected chi connectivity index (χ0v) is 21.2. The van der Waals surface area contributed by atoms with Gasteiger partial charge in [-0.3, -0.25) is 4.79 Å². The first kappa shape index (κ1) is 24.0. The van der Waals surface area contributed by atoms with Crippen molar-refractivity contribution in [3.8, 4) is 17.2 Å². The van der Waals surface area contributed by atoms with E-state index in [1.54, 1.807) is 36.4 Å². The van der Waals surface area contributed by atoms with Gasteiger partial charge >= 0.3 is 5.97 Å². The molecule has 3 rings (SSSR count). The summed E-state index contributed by atoms with van der Waals surface area (Å²) in [6, 6.07) is 11.5. The standard InChI is InChI=1S/C21H15Br3N2O6/c1-29-18-7-12(4-5-16(18)32-21(28)17-3-2-6-30-17)10-25-26-19(27)11-31-20-14(23)8-13(22)9-15(20)24/h2-10H,11H2,1H3,(H,26,27). The number of furan rings is 1. The van der Waals surface area contributed by atoms with Gasteiger partial charge in [0, 0.05) is 4.47 Å². The first-order valence-corrected chi connectivity index (χ1v) is 11.3. The summed E-state index contributed by atoms with van der Waals surface area (Å²) in [6.45, 7) is -0.235. The number of esters is 1. The van der Waals surface area contributed by atoms with Crippen molar-refractivity contribution in [2.24, 2.45) is 5.10 Å². The van der Waals surface area contributed by atoms with E-state index in [1.807, 2.05) is 0 Å². The highest BCUT2D eigenvalue weighted by Crippen LogP contribution is 2.36. The second-order valence-corrected chi connectivity index (χ2v) is 8.68. The molecule has 8 nitrogen and oxygen atoms in total. The Morgan fingerprint density at radius 1 is 1.09 bits per heavy atom. The molecular weight excluding hydrogens is 616 g/mol. The monoisotopic (exact) mass is 628 g/mol. The summed E-state index contributed by atoms with van der Waals surface area (Å²) in [5, 5.41) is 3.91. The molecule has 0 atom stereocenters. The van der Waals surface area contributed by atoms with Crippen LogP contribution in [0, 0.1) is 0 Å². The van der Waals surface area contributed by atoms with Gasteiger partial charge in [-0.05, 0) is 79.9 Å². The van der Waals surface area contributed by atoms with Crippen LogP contribution < -0.4 is 19.6 Å². The van der Waals surface area contributed by atoms with Crippen molar-refractivity contribution in [2.45, 2.75) is 0 Å². The van der Waals surface area contributed by atoms with Crippen molar-refractivity contribution < 1.29 is 28.2 Å². The Bertz CT molecular complexity index is 1130. The van der Waals surface area contributed by atoms with Gasteiger partial charge < -0.3 is 18.6 Å². The first-order chi connectivity index (χ1) is 15.4. The molecule has 1 aromatic heterocycles. The predicted octanol–water partition coefficient (Wildman–Crippen LogP) is 5.32. The number of hydrogen-bond donors (Lipinski definition) is 1. The number of methoxy groups -OCH3 is 1. The normalized spacial score (nSPS) is 10.8. The molecule has 1 amide bonds. The van der Waals surface area contributed by atoms with E-state index in [2.05, 4.69) is 58.3 Å². The van der Waals surface area contributed by atoms with E-state index >= 15 is 0 Å². The van der Waals surface area contributed by atoms with Crippen molar-refractivity contribution in [3.05, 3.63) is 73.5 Å². The first-order valence-electron chi connectivity index (χ1n) is 8.90. The summed E-state index contributed by atoms with van der Waals surface area (Å²) in [7, 11) is 1.44. The molecular formula is C21H15Br3N2O6. The number of nitrogens with one attached hydrogen (secondary N) is 1. The smallest absolute Gasteiger partial charge is 0.379 e. The molecule has 11 heteroatoms. The summed E-state index contributed by atoms with van der Waals surface area (Å²) in [5.74, 6) is 0.00845. The number of nitrogens with zero attached hydrogens (tertiary/aromatic N) is 1. The average molecular weight is 631 g/mol. The van der Waals surface area contributed by atoms with Crippen LogP contribution in [0.4, 0.5) is 0 Å². The maximum atomic E-state index is 12.0. The third-order valence-corrected chi connectivity index (χ3v) is 5.46. The minimum Gasteiger partial charge on any atom is -0.493 e. The fraction of sp³-hybridized carbons (Fsp3) is 0.0952. The molecule has 0 aliphatic carbocycles. The highest BCUT2D eigenvalue weighted by molar-refractivity contribution is 9.11. The summed E-state index contributed by atoms with van der Waals surface area (Å²) in [4.78, 5) is 24.1. The SMILES string of the molecule is COc1cc(C=NNC(=O)COc2c(Br)cc(Br)cc2Br)ccc1OC(=O)c1ccco1. The number of hydrogen-bond acceptors (Lipinski definition) is 7. The number of halogens is 3. The van der Waals surface area contributed by atoms with Crippen LogP contribution in [0.15, 0.2) is 71.7 Å². The topological polar surface area (TPSA) is 99.4 Å². The minimum atomic E-state index is -0.647. The number of benzene rings is 2. The summed E-state index contributed by atoms with van der Waals surface area (Å²) in [6.07, 6.45) is 2.80. The third kappa shape index (κ3) is 6.44. The van der Waals surface area contributed by atoms with Gasteiger partial charge in [0.25, 0.3) is 5.91 Å². The average Bonchev–Trinajstić information content (AvgIpc) is 3.29. The summed E-state index contributed by atoms with van der Waals surface area (Å²) < 4.78 is 23.3. The third-order valence-electron chi connectivity index (χ3n) is 3.83. The van der Waals surface area contributed by atoms with Crippen LogP contribution in [-0.4, -0.2) is 31.8 Å². The fourth-order valence-corrected chi connectivity index (χ4v) is 4.90. The lowest BCUT2D eigenvalue weighted by atomic mass is 10.2. The Balaban J connectivity index is 1.57. The zero-order valence-electron chi connectivity index (χ0n) is 16.4. The molecule has 0 aliphatic heterocycles. The van der Waals surface area contributed by atoms with Gasteiger partial charge in [0.2, 0.25) is 5.76 Å². The van der Waals surface area contributed by atoms with Crippen LogP contribution in [0.5, 0.6) is 17.2 Å². The molecule has 0 unspecified atom stereocenters. The molecule has 0 spiro atoms. The van der Waals surface area contributed by atoms with E-state index in [4.69, 9.17) is 18.6 Å². The number of carbonyl (C=O) groups excluding carboxylic acids is 2. The van der Waals surface area contributed by atoms with Gasteiger partial charge in [-0.15, -0.1) is 0 Å². The van der Waals surface area contributed by atoms with E-state index < -0.39 is 11.9 Å². The zero-order chi connectivity index (χ0) is 23.1. The van der Waals surface area contributed by atoms with Crippen molar-refractivity contribution >= 4 is 65.9 Å². The largest absolute Gasteiger partial charge is 0.493 e. The molecule has 2 aromatic carbocycles. The van der Waals surface area contributed by atoms with E-state index in [1.165, 1.54) is 25.7 Å². The molecule has 32 heavy (non-hydrogen) atoms. The lowest BCUT2D eigenvalue weighted by molar-refractivity contribution is -0.123. The van der Waals surface area contributed by atoms with E-state index in [9.17, 15) is 9.59 Å². The molecule has 0 bridgehead atoms. The van der Waals surface area contributed by atoms with Crippen LogP contribution in [0.25, 0.3) is 0 Å². The minimum absolute atomic E-state index is 0.0739. The highest BCUT2D eigenvalue weighted by atomic mass is 79.9. The molecule has 0 fully saturated rings. The Labute approximate surface area is 208 Å². The predicted molar refractivity (Wildman–Crippen MR) is 127 cm³/mol.